The summed E-state index contributed by atoms with van der Waals surface area (Å²) in [5, 5.41) is 3.41. The monoisotopic (exact) mass is 242 g/mol. The minimum atomic E-state index is 0.299. The van der Waals surface area contributed by atoms with Gasteiger partial charge in [-0.2, -0.15) is 0 Å². The molecule has 2 rings (SSSR count). The Morgan fingerprint density at radius 1 is 1.75 bits per heavy atom. The summed E-state index contributed by atoms with van der Waals surface area (Å²) in [6.45, 7) is 5.34. The summed E-state index contributed by atoms with van der Waals surface area (Å²) >= 11 is 1.67. The van der Waals surface area contributed by atoms with Gasteiger partial charge >= 0.3 is 0 Å². The molecular weight excluding hydrogens is 224 g/mol. The highest BCUT2D eigenvalue weighted by Crippen LogP contribution is 2.09. The Balaban J connectivity index is 1.58. The van der Waals surface area contributed by atoms with Crippen LogP contribution in [0.2, 0.25) is 0 Å². The minimum absolute atomic E-state index is 0.299. The lowest BCUT2D eigenvalue weighted by molar-refractivity contribution is 0.0323. The molecule has 0 radical (unpaired) electrons. The lowest BCUT2D eigenvalue weighted by Crippen LogP contribution is -2.31. The smallest absolute Gasteiger partial charge is 0.0831 e. The molecule has 1 fully saturated rings. The predicted octanol–water partition coefficient (Wildman–Crippen LogP) is 1.43. The van der Waals surface area contributed by atoms with Crippen molar-refractivity contribution in [3.63, 3.8) is 0 Å². The van der Waals surface area contributed by atoms with Gasteiger partial charge in [0.15, 0.2) is 0 Å². The molecule has 5 heteroatoms. The third kappa shape index (κ3) is 3.83. The van der Waals surface area contributed by atoms with Crippen LogP contribution in [-0.2, 0) is 16.0 Å². The molecule has 0 aromatic carbocycles. The zero-order valence-corrected chi connectivity index (χ0v) is 10.3. The van der Waals surface area contributed by atoms with Gasteiger partial charge < -0.3 is 14.8 Å². The quantitative estimate of drug-likeness (QED) is 0.819. The van der Waals surface area contributed by atoms with Crippen molar-refractivity contribution < 1.29 is 9.47 Å². The van der Waals surface area contributed by atoms with Crippen LogP contribution in [0.25, 0.3) is 0 Å². The normalized spacial score (nSPS) is 22.4. The number of nitrogens with one attached hydrogen (secondary N) is 1. The second-order valence-electron chi connectivity index (χ2n) is 4.07. The Kier molecular flexibility index (Phi) is 4.71. The van der Waals surface area contributed by atoms with Crippen LogP contribution in [0.15, 0.2) is 11.7 Å². The average molecular weight is 242 g/mol. The van der Waals surface area contributed by atoms with Gasteiger partial charge in [0.25, 0.3) is 0 Å². The molecule has 0 saturated carbocycles. The van der Waals surface area contributed by atoms with Crippen molar-refractivity contribution in [1.29, 1.82) is 0 Å². The molecule has 1 aliphatic heterocycles. The average Bonchev–Trinajstić information content (AvgIpc) is 2.96. The highest BCUT2D eigenvalue weighted by molar-refractivity contribution is 7.09. The molecule has 1 saturated heterocycles. The predicted molar refractivity (Wildman–Crippen MR) is 63.6 cm³/mol. The van der Waals surface area contributed by atoms with Crippen LogP contribution in [0, 0.1) is 0 Å². The Bertz CT molecular complexity index is 286. The molecule has 2 unspecified atom stereocenters. The number of thiazole rings is 1. The third-order valence-electron chi connectivity index (χ3n) is 2.58. The molecular formula is C11H18N2O2S. The van der Waals surface area contributed by atoms with Crippen molar-refractivity contribution in [2.45, 2.75) is 32.0 Å². The molecule has 90 valence electrons. The topological polar surface area (TPSA) is 43.4 Å². The molecule has 2 heterocycles. The standard InChI is InChI=1S/C11H18N2O2S/c1-9(6-15-10-2-3-14-7-10)13-5-11-4-12-8-16-11/h4,8-10,13H,2-3,5-7H2,1H3. The van der Waals surface area contributed by atoms with Gasteiger partial charge in [-0.3, -0.25) is 4.98 Å². The lowest BCUT2D eigenvalue weighted by Gasteiger charge is -2.16. The van der Waals surface area contributed by atoms with Crippen LogP contribution in [0.1, 0.15) is 18.2 Å². The number of aromatic nitrogens is 1. The molecule has 16 heavy (non-hydrogen) atoms. The van der Waals surface area contributed by atoms with Gasteiger partial charge in [-0.15, -0.1) is 11.3 Å². The van der Waals surface area contributed by atoms with Crippen LogP contribution < -0.4 is 5.32 Å². The highest BCUT2D eigenvalue weighted by Gasteiger charge is 2.16. The Morgan fingerprint density at radius 2 is 2.69 bits per heavy atom. The van der Waals surface area contributed by atoms with E-state index in [4.69, 9.17) is 9.47 Å². The van der Waals surface area contributed by atoms with E-state index >= 15 is 0 Å². The van der Waals surface area contributed by atoms with E-state index in [2.05, 4.69) is 17.2 Å². The summed E-state index contributed by atoms with van der Waals surface area (Å²) in [6, 6.07) is 0.364. The van der Waals surface area contributed by atoms with Gasteiger partial charge in [0.05, 0.1) is 24.8 Å². The summed E-state index contributed by atoms with van der Waals surface area (Å²) in [4.78, 5) is 5.30. The summed E-state index contributed by atoms with van der Waals surface area (Å²) in [7, 11) is 0. The number of nitrogens with zero attached hydrogens (tertiary/aromatic N) is 1. The van der Waals surface area contributed by atoms with E-state index in [0.717, 1.165) is 32.8 Å². The molecule has 2 atom stereocenters. The second-order valence-corrected chi connectivity index (χ2v) is 5.04. The molecule has 1 aromatic heterocycles. The zero-order chi connectivity index (χ0) is 11.2. The van der Waals surface area contributed by atoms with Crippen molar-refractivity contribution >= 4 is 11.3 Å². The number of hydrogen-bond donors (Lipinski definition) is 1. The highest BCUT2D eigenvalue weighted by atomic mass is 32.1. The first-order chi connectivity index (χ1) is 7.84. The largest absolute Gasteiger partial charge is 0.379 e. The van der Waals surface area contributed by atoms with Crippen molar-refractivity contribution in [2.75, 3.05) is 19.8 Å². The maximum atomic E-state index is 5.73. The van der Waals surface area contributed by atoms with Gasteiger partial charge in [0.1, 0.15) is 0 Å². The molecule has 4 nitrogen and oxygen atoms in total. The van der Waals surface area contributed by atoms with Crippen molar-refractivity contribution in [3.8, 4) is 0 Å². The van der Waals surface area contributed by atoms with E-state index in [9.17, 15) is 0 Å². The van der Waals surface area contributed by atoms with Crippen LogP contribution in [0.5, 0.6) is 0 Å². The summed E-state index contributed by atoms with van der Waals surface area (Å²) in [6.07, 6.45) is 3.23. The molecule has 0 aliphatic carbocycles. The van der Waals surface area contributed by atoms with Gasteiger partial charge in [-0.05, 0) is 13.3 Å². The van der Waals surface area contributed by atoms with Crippen molar-refractivity contribution in [3.05, 3.63) is 16.6 Å². The summed E-state index contributed by atoms with van der Waals surface area (Å²) in [5.74, 6) is 0. The SMILES string of the molecule is CC(COC1CCOC1)NCc1cncs1. The minimum Gasteiger partial charge on any atom is -0.379 e. The number of rotatable bonds is 6. The zero-order valence-electron chi connectivity index (χ0n) is 9.52. The molecule has 0 amide bonds. The fraction of sp³-hybridized carbons (Fsp3) is 0.727. The molecule has 1 N–H and O–H groups in total. The Morgan fingerprint density at radius 3 is 3.38 bits per heavy atom. The first-order valence-electron chi connectivity index (χ1n) is 5.64. The fourth-order valence-corrected chi connectivity index (χ4v) is 2.13. The Labute approximate surface area is 100.0 Å². The van der Waals surface area contributed by atoms with Crippen LogP contribution in [0.3, 0.4) is 0 Å². The Hall–Kier alpha value is -0.490. The maximum Gasteiger partial charge on any atom is 0.0831 e. The number of ether oxygens (including phenoxy) is 2. The molecule has 0 spiro atoms. The van der Waals surface area contributed by atoms with E-state index < -0.39 is 0 Å². The van der Waals surface area contributed by atoms with Gasteiger partial charge in [0, 0.05) is 30.3 Å². The van der Waals surface area contributed by atoms with E-state index in [1.165, 1.54) is 4.88 Å². The van der Waals surface area contributed by atoms with Crippen LogP contribution in [0.4, 0.5) is 0 Å². The lowest BCUT2D eigenvalue weighted by atomic mass is 10.3. The van der Waals surface area contributed by atoms with E-state index in [1.807, 2.05) is 11.7 Å². The van der Waals surface area contributed by atoms with E-state index in [1.54, 1.807) is 11.3 Å². The first-order valence-corrected chi connectivity index (χ1v) is 6.52. The maximum absolute atomic E-state index is 5.73. The summed E-state index contributed by atoms with van der Waals surface area (Å²) in [5.41, 5.74) is 1.86. The molecule has 1 aliphatic rings. The fourth-order valence-electron chi connectivity index (χ4n) is 1.59. The first kappa shape index (κ1) is 12.0. The van der Waals surface area contributed by atoms with Gasteiger partial charge in [-0.1, -0.05) is 0 Å². The second kappa shape index (κ2) is 6.30. The van der Waals surface area contributed by atoms with E-state index in [-0.39, 0.29) is 0 Å². The van der Waals surface area contributed by atoms with Gasteiger partial charge in [0.2, 0.25) is 0 Å². The third-order valence-corrected chi connectivity index (χ3v) is 3.36. The number of hydrogen-bond acceptors (Lipinski definition) is 5. The van der Waals surface area contributed by atoms with Gasteiger partial charge in [-0.25, -0.2) is 0 Å². The van der Waals surface area contributed by atoms with Crippen LogP contribution >= 0.6 is 11.3 Å². The molecule has 0 bridgehead atoms. The van der Waals surface area contributed by atoms with Crippen LogP contribution in [-0.4, -0.2) is 37.0 Å². The summed E-state index contributed by atoms with van der Waals surface area (Å²) < 4.78 is 11.0. The molecule has 1 aromatic rings. The van der Waals surface area contributed by atoms with Crippen molar-refractivity contribution in [2.24, 2.45) is 0 Å². The van der Waals surface area contributed by atoms with E-state index in [0.29, 0.717) is 12.1 Å². The van der Waals surface area contributed by atoms with Crippen molar-refractivity contribution in [1.82, 2.24) is 10.3 Å².